The molecule has 1 atom stereocenters. The van der Waals surface area contributed by atoms with Crippen molar-refractivity contribution in [1.82, 2.24) is 20.3 Å². The van der Waals surface area contributed by atoms with Crippen molar-refractivity contribution in [3.8, 4) is 11.1 Å². The van der Waals surface area contributed by atoms with Gasteiger partial charge in [-0.3, -0.25) is 9.63 Å². The molecule has 0 saturated heterocycles. The zero-order valence-corrected chi connectivity index (χ0v) is 18.4. The van der Waals surface area contributed by atoms with Crippen LogP contribution in [0.25, 0.3) is 11.1 Å². The first-order valence-electron chi connectivity index (χ1n) is 10.7. The number of carboxylic acids is 1. The summed E-state index contributed by atoms with van der Waals surface area (Å²) >= 11 is 0. The largest absolute Gasteiger partial charge is 0.479 e. The van der Waals surface area contributed by atoms with Crippen molar-refractivity contribution in [2.24, 2.45) is 0 Å². The Morgan fingerprint density at radius 2 is 1.74 bits per heavy atom. The lowest BCUT2D eigenvalue weighted by atomic mass is 9.98. The lowest BCUT2D eigenvalue weighted by Crippen LogP contribution is -2.32. The monoisotopic (exact) mass is 464 g/mol. The minimum atomic E-state index is -1.20. The third kappa shape index (κ3) is 5.07. The first kappa shape index (κ1) is 23.0. The molecule has 1 aromatic heterocycles. The minimum absolute atomic E-state index is 0.0149. The van der Waals surface area contributed by atoms with E-state index in [1.54, 1.807) is 4.57 Å². The van der Waals surface area contributed by atoms with Gasteiger partial charge in [-0.15, -0.1) is 0 Å². The van der Waals surface area contributed by atoms with Gasteiger partial charge < -0.3 is 19.7 Å². The average molecular weight is 464 g/mol. The summed E-state index contributed by atoms with van der Waals surface area (Å²) < 4.78 is 7.10. The third-order valence-corrected chi connectivity index (χ3v) is 5.53. The topological polar surface area (TPSA) is 132 Å². The van der Waals surface area contributed by atoms with Crippen molar-refractivity contribution in [1.29, 1.82) is 0 Å². The number of nitrogens with zero attached hydrogens (tertiary/aromatic N) is 2. The molecule has 0 fully saturated rings. The molecule has 1 unspecified atom stereocenters. The Morgan fingerprint density at radius 3 is 2.38 bits per heavy atom. The highest BCUT2D eigenvalue weighted by Crippen LogP contribution is 2.44. The Morgan fingerprint density at radius 1 is 1.09 bits per heavy atom. The van der Waals surface area contributed by atoms with Gasteiger partial charge in [-0.2, -0.15) is 0 Å². The minimum Gasteiger partial charge on any atom is -0.479 e. The predicted octanol–water partition coefficient (Wildman–Crippen LogP) is 2.56. The fourth-order valence-corrected chi connectivity index (χ4v) is 3.78. The van der Waals surface area contributed by atoms with Crippen LogP contribution in [-0.2, 0) is 20.9 Å². The molecule has 10 heteroatoms. The smallest absolute Gasteiger partial charge is 0.407 e. The molecule has 1 aliphatic rings. The van der Waals surface area contributed by atoms with Gasteiger partial charge in [0.25, 0.3) is 5.91 Å². The van der Waals surface area contributed by atoms with Crippen molar-refractivity contribution >= 4 is 18.0 Å². The normalized spacial score (nSPS) is 13.0. The average Bonchev–Trinajstić information content (AvgIpc) is 3.44. The van der Waals surface area contributed by atoms with E-state index in [4.69, 9.17) is 14.7 Å². The third-order valence-electron chi connectivity index (χ3n) is 5.53. The number of alkyl carbamates (subject to hydrolysis) is 1. The molecule has 3 aromatic rings. The van der Waals surface area contributed by atoms with Crippen LogP contribution in [0.5, 0.6) is 0 Å². The highest BCUT2D eigenvalue weighted by atomic mass is 16.7. The van der Waals surface area contributed by atoms with E-state index in [1.807, 2.05) is 29.7 Å². The number of ether oxygens (including phenoxy) is 1. The standard InChI is InChI=1S/C24H24N4O6/c1-15(23(30)31)34-27-22(29)21-12-28(14-26-21)11-10-25-24(32)33-13-20-18-8-4-2-6-16(18)17-7-3-5-9-19(17)20/h2-9,12,14-15,20H,10-11,13H2,1H3,(H,25,32)(H,27,29)(H,30,31). The molecule has 0 bridgehead atoms. The van der Waals surface area contributed by atoms with Crippen molar-refractivity contribution in [3.05, 3.63) is 77.9 Å². The van der Waals surface area contributed by atoms with E-state index >= 15 is 0 Å². The van der Waals surface area contributed by atoms with Crippen LogP contribution in [0, 0.1) is 0 Å². The zero-order chi connectivity index (χ0) is 24.1. The summed E-state index contributed by atoms with van der Waals surface area (Å²) in [5, 5.41) is 11.5. The number of aliphatic carboxylic acids is 1. The molecule has 1 heterocycles. The van der Waals surface area contributed by atoms with E-state index in [2.05, 4.69) is 34.6 Å². The summed E-state index contributed by atoms with van der Waals surface area (Å²) in [5.41, 5.74) is 6.70. The summed E-state index contributed by atoms with van der Waals surface area (Å²) in [5.74, 6) is -1.89. The number of imidazole rings is 1. The summed E-state index contributed by atoms with van der Waals surface area (Å²) in [6.07, 6.45) is 1.17. The van der Waals surface area contributed by atoms with Crippen molar-refractivity contribution in [3.63, 3.8) is 0 Å². The van der Waals surface area contributed by atoms with Crippen molar-refractivity contribution < 1.29 is 29.1 Å². The molecule has 0 aliphatic heterocycles. The number of rotatable bonds is 9. The SMILES string of the molecule is CC(ONC(=O)c1cn(CCNC(=O)OCC2c3ccccc3-c3ccccc32)cn1)C(=O)O. The molecule has 3 N–H and O–H groups in total. The Labute approximate surface area is 195 Å². The van der Waals surface area contributed by atoms with E-state index in [1.165, 1.54) is 19.4 Å². The molecule has 4 rings (SSSR count). The number of carboxylic acid groups (broad SMARTS) is 1. The Hall–Kier alpha value is -4.18. The van der Waals surface area contributed by atoms with Crippen LogP contribution in [0.4, 0.5) is 4.79 Å². The Kier molecular flexibility index (Phi) is 6.88. The van der Waals surface area contributed by atoms with Gasteiger partial charge in [-0.25, -0.2) is 20.1 Å². The van der Waals surface area contributed by atoms with Gasteiger partial charge in [0.15, 0.2) is 6.10 Å². The van der Waals surface area contributed by atoms with Gasteiger partial charge in [0.2, 0.25) is 0 Å². The van der Waals surface area contributed by atoms with E-state index in [9.17, 15) is 14.4 Å². The second-order valence-electron chi connectivity index (χ2n) is 7.78. The number of benzene rings is 2. The van der Waals surface area contributed by atoms with Crippen LogP contribution in [-0.4, -0.2) is 51.9 Å². The maximum Gasteiger partial charge on any atom is 0.407 e. The fourth-order valence-electron chi connectivity index (χ4n) is 3.78. The van der Waals surface area contributed by atoms with Crippen LogP contribution in [0.2, 0.25) is 0 Å². The zero-order valence-electron chi connectivity index (χ0n) is 18.4. The van der Waals surface area contributed by atoms with Crippen LogP contribution in [0.15, 0.2) is 61.1 Å². The van der Waals surface area contributed by atoms with Gasteiger partial charge in [0.05, 0.1) is 6.33 Å². The Bertz CT molecular complexity index is 1160. The molecule has 0 spiro atoms. The van der Waals surface area contributed by atoms with Gasteiger partial charge in [-0.05, 0) is 29.2 Å². The second kappa shape index (κ2) is 10.2. The maximum atomic E-state index is 12.2. The quantitative estimate of drug-likeness (QED) is 0.415. The summed E-state index contributed by atoms with van der Waals surface area (Å²) in [4.78, 5) is 43.6. The highest BCUT2D eigenvalue weighted by Gasteiger charge is 2.28. The molecule has 176 valence electrons. The van der Waals surface area contributed by atoms with Crippen LogP contribution < -0.4 is 10.8 Å². The fraction of sp³-hybridized carbons (Fsp3) is 0.250. The lowest BCUT2D eigenvalue weighted by molar-refractivity contribution is -0.152. The summed E-state index contributed by atoms with van der Waals surface area (Å²) in [6, 6.07) is 16.2. The lowest BCUT2D eigenvalue weighted by Gasteiger charge is -2.14. The van der Waals surface area contributed by atoms with Crippen molar-refractivity contribution in [2.75, 3.05) is 13.2 Å². The van der Waals surface area contributed by atoms with Gasteiger partial charge in [-0.1, -0.05) is 48.5 Å². The number of hydroxylamine groups is 1. The second-order valence-corrected chi connectivity index (χ2v) is 7.78. The van der Waals surface area contributed by atoms with E-state index in [0.29, 0.717) is 6.54 Å². The molecule has 10 nitrogen and oxygen atoms in total. The van der Waals surface area contributed by atoms with Crippen molar-refractivity contribution in [2.45, 2.75) is 25.5 Å². The van der Waals surface area contributed by atoms with Crippen LogP contribution >= 0.6 is 0 Å². The number of carbonyl (C=O) groups excluding carboxylic acids is 2. The maximum absolute atomic E-state index is 12.2. The molecule has 0 radical (unpaired) electrons. The van der Waals surface area contributed by atoms with E-state index in [0.717, 1.165) is 22.3 Å². The molecular formula is C24H24N4O6. The van der Waals surface area contributed by atoms with Crippen LogP contribution in [0.1, 0.15) is 34.5 Å². The molecule has 2 amide bonds. The summed E-state index contributed by atoms with van der Waals surface area (Å²) in [6.45, 7) is 2.14. The number of fused-ring (bicyclic) bond motifs is 3. The predicted molar refractivity (Wildman–Crippen MR) is 121 cm³/mol. The van der Waals surface area contributed by atoms with Crippen LogP contribution in [0.3, 0.4) is 0 Å². The molecular weight excluding hydrogens is 440 g/mol. The highest BCUT2D eigenvalue weighted by molar-refractivity contribution is 5.91. The molecule has 0 saturated carbocycles. The molecule has 1 aliphatic carbocycles. The number of amides is 2. The van der Waals surface area contributed by atoms with Gasteiger partial charge in [0.1, 0.15) is 12.3 Å². The van der Waals surface area contributed by atoms with Gasteiger partial charge in [0, 0.05) is 25.2 Å². The number of hydrogen-bond donors (Lipinski definition) is 3. The number of nitrogens with one attached hydrogen (secondary N) is 2. The number of carbonyl (C=O) groups is 3. The first-order valence-corrected chi connectivity index (χ1v) is 10.7. The Balaban J connectivity index is 1.24. The first-order chi connectivity index (χ1) is 16.4. The van der Waals surface area contributed by atoms with E-state index in [-0.39, 0.29) is 24.8 Å². The molecule has 34 heavy (non-hydrogen) atoms. The number of aromatic nitrogens is 2. The van der Waals surface area contributed by atoms with Gasteiger partial charge >= 0.3 is 12.1 Å². The van der Waals surface area contributed by atoms with E-state index < -0.39 is 24.1 Å². The molecule has 2 aromatic carbocycles. The summed E-state index contributed by atoms with van der Waals surface area (Å²) in [7, 11) is 0. The number of hydrogen-bond acceptors (Lipinski definition) is 6.